The van der Waals surface area contributed by atoms with Crippen LogP contribution in [0.3, 0.4) is 0 Å². The molecule has 0 fully saturated rings. The van der Waals surface area contributed by atoms with Crippen molar-refractivity contribution in [2.45, 2.75) is 34.1 Å². The molecule has 4 heteroatoms. The smallest absolute Gasteiger partial charge is 0.231 e. The summed E-state index contributed by atoms with van der Waals surface area (Å²) in [6, 6.07) is 10.3. The summed E-state index contributed by atoms with van der Waals surface area (Å²) in [5, 5.41) is 3.36. The standard InChI is InChI=1S/C26H24NO3/c1-14-20-15-8-6-7-9-17(15)29-24(20)16(12-26(2,3)4)25-21(14)23-22-18(10-11-27(23)5)28-13-19(22)30-25/h6-11,13H,12H2,1-5H3/q+1. The van der Waals surface area contributed by atoms with Gasteiger partial charge >= 0.3 is 0 Å². The van der Waals surface area contributed by atoms with Crippen molar-refractivity contribution in [3.8, 4) is 22.8 Å². The Bertz CT molecular complexity index is 1490. The van der Waals surface area contributed by atoms with E-state index in [1.807, 2.05) is 18.2 Å². The number of hydrogen-bond donors (Lipinski definition) is 0. The second-order valence-corrected chi connectivity index (χ2v) is 9.56. The molecule has 0 radical (unpaired) electrons. The highest BCUT2D eigenvalue weighted by molar-refractivity contribution is 6.13. The van der Waals surface area contributed by atoms with Gasteiger partial charge in [0.05, 0.1) is 5.56 Å². The Morgan fingerprint density at radius 1 is 1.00 bits per heavy atom. The first kappa shape index (κ1) is 17.6. The van der Waals surface area contributed by atoms with Crippen LogP contribution >= 0.6 is 0 Å². The maximum absolute atomic E-state index is 6.54. The molecular formula is C26H24NO3+. The topological polar surface area (TPSA) is 39.4 Å². The molecule has 3 aromatic heterocycles. The highest BCUT2D eigenvalue weighted by atomic mass is 16.5. The lowest BCUT2D eigenvalue weighted by Crippen LogP contribution is -2.31. The number of aromatic nitrogens is 1. The van der Waals surface area contributed by atoms with Gasteiger partial charge in [-0.1, -0.05) is 39.0 Å². The van der Waals surface area contributed by atoms with Crippen molar-refractivity contribution in [2.75, 3.05) is 0 Å². The van der Waals surface area contributed by atoms with Crippen molar-refractivity contribution in [1.29, 1.82) is 0 Å². The second-order valence-electron chi connectivity index (χ2n) is 9.56. The molecule has 1 aliphatic rings. The molecule has 0 atom stereocenters. The molecule has 0 bridgehead atoms. The zero-order valence-corrected chi connectivity index (χ0v) is 17.9. The molecule has 2 aromatic carbocycles. The summed E-state index contributed by atoms with van der Waals surface area (Å²) in [4.78, 5) is 0. The lowest BCUT2D eigenvalue weighted by Gasteiger charge is -2.25. The number of furan rings is 2. The molecule has 0 unspecified atom stereocenters. The summed E-state index contributed by atoms with van der Waals surface area (Å²) in [5.74, 6) is 1.67. The summed E-state index contributed by atoms with van der Waals surface area (Å²) in [5.41, 5.74) is 7.34. The van der Waals surface area contributed by atoms with Crippen molar-refractivity contribution >= 4 is 32.9 Å². The number of benzene rings is 2. The Morgan fingerprint density at radius 3 is 2.60 bits per heavy atom. The van der Waals surface area contributed by atoms with Crippen molar-refractivity contribution < 1.29 is 18.1 Å². The van der Waals surface area contributed by atoms with Gasteiger partial charge in [0.25, 0.3) is 0 Å². The van der Waals surface area contributed by atoms with Gasteiger partial charge in [0.15, 0.2) is 17.5 Å². The van der Waals surface area contributed by atoms with E-state index in [9.17, 15) is 0 Å². The third-order valence-corrected chi connectivity index (χ3v) is 6.10. The van der Waals surface area contributed by atoms with Crippen molar-refractivity contribution in [3.63, 3.8) is 0 Å². The molecule has 4 nitrogen and oxygen atoms in total. The molecule has 1 aliphatic heterocycles. The quantitative estimate of drug-likeness (QED) is 0.285. The van der Waals surface area contributed by atoms with Gasteiger partial charge in [0.1, 0.15) is 35.6 Å². The average molecular weight is 398 g/mol. The van der Waals surface area contributed by atoms with Gasteiger partial charge in [0.2, 0.25) is 5.69 Å². The Morgan fingerprint density at radius 2 is 1.80 bits per heavy atom. The summed E-state index contributed by atoms with van der Waals surface area (Å²) in [6.07, 6.45) is 4.62. The minimum absolute atomic E-state index is 0.0726. The van der Waals surface area contributed by atoms with Gasteiger partial charge in [-0.15, -0.1) is 0 Å². The van der Waals surface area contributed by atoms with E-state index >= 15 is 0 Å². The average Bonchev–Trinajstić information content (AvgIpc) is 3.28. The molecule has 5 aromatic rings. The monoisotopic (exact) mass is 398 g/mol. The van der Waals surface area contributed by atoms with Crippen LogP contribution in [0.4, 0.5) is 0 Å². The van der Waals surface area contributed by atoms with Crippen LogP contribution in [0.25, 0.3) is 44.2 Å². The van der Waals surface area contributed by atoms with E-state index in [4.69, 9.17) is 13.6 Å². The largest absolute Gasteiger partial charge is 0.460 e. The number of pyridine rings is 1. The summed E-state index contributed by atoms with van der Waals surface area (Å²) in [7, 11) is 2.08. The van der Waals surface area contributed by atoms with Crippen molar-refractivity contribution in [1.82, 2.24) is 0 Å². The fourth-order valence-electron chi connectivity index (χ4n) is 4.90. The van der Waals surface area contributed by atoms with E-state index in [0.717, 1.165) is 62.3 Å². The Kier molecular flexibility index (Phi) is 3.32. The maximum atomic E-state index is 6.54. The first-order valence-corrected chi connectivity index (χ1v) is 10.4. The van der Waals surface area contributed by atoms with E-state index in [-0.39, 0.29) is 5.41 Å². The van der Waals surface area contributed by atoms with Crippen LogP contribution < -0.4 is 9.30 Å². The molecule has 150 valence electrons. The van der Waals surface area contributed by atoms with Crippen LogP contribution in [0.15, 0.2) is 51.6 Å². The number of aryl methyl sites for hydroxylation is 2. The van der Waals surface area contributed by atoms with Crippen LogP contribution in [0.1, 0.15) is 31.9 Å². The number of hydrogen-bond acceptors (Lipinski definition) is 3. The van der Waals surface area contributed by atoms with Crippen LogP contribution in [0, 0.1) is 12.3 Å². The third-order valence-electron chi connectivity index (χ3n) is 6.10. The third kappa shape index (κ3) is 2.25. The first-order valence-electron chi connectivity index (χ1n) is 10.4. The highest BCUT2D eigenvalue weighted by Crippen LogP contribution is 2.53. The molecule has 0 amide bonds. The van der Waals surface area contributed by atoms with Crippen molar-refractivity contribution in [3.05, 3.63) is 53.9 Å². The minimum Gasteiger partial charge on any atom is -0.460 e. The van der Waals surface area contributed by atoms with Gasteiger partial charge in [-0.05, 0) is 30.4 Å². The molecule has 0 saturated heterocycles. The molecule has 0 spiro atoms. The molecule has 0 aliphatic carbocycles. The predicted octanol–water partition coefficient (Wildman–Crippen LogP) is 6.83. The van der Waals surface area contributed by atoms with E-state index in [0.29, 0.717) is 0 Å². The van der Waals surface area contributed by atoms with Gasteiger partial charge in [0, 0.05) is 22.4 Å². The van der Waals surface area contributed by atoms with E-state index in [2.05, 4.69) is 57.6 Å². The Hall–Kier alpha value is -3.27. The first-order chi connectivity index (χ1) is 14.3. The van der Waals surface area contributed by atoms with Gasteiger partial charge < -0.3 is 13.6 Å². The molecule has 0 saturated carbocycles. The predicted molar refractivity (Wildman–Crippen MR) is 118 cm³/mol. The zero-order chi connectivity index (χ0) is 20.8. The maximum Gasteiger partial charge on any atom is 0.231 e. The number of rotatable bonds is 1. The lowest BCUT2D eigenvalue weighted by atomic mass is 9.83. The Labute approximate surface area is 174 Å². The summed E-state index contributed by atoms with van der Waals surface area (Å²) >= 11 is 0. The van der Waals surface area contributed by atoms with E-state index in [1.54, 1.807) is 6.26 Å². The van der Waals surface area contributed by atoms with Gasteiger partial charge in [-0.25, -0.2) is 0 Å². The molecule has 0 N–H and O–H groups in total. The molecular weight excluding hydrogens is 374 g/mol. The SMILES string of the molecule is Cc1c2c(c(CC(C)(C)C)c3oc4ccccc4c13)Oc1coc3cc[n+](C)c-2c13. The molecule has 30 heavy (non-hydrogen) atoms. The number of fused-ring (bicyclic) bond motifs is 5. The van der Waals surface area contributed by atoms with Crippen LogP contribution in [0.2, 0.25) is 0 Å². The van der Waals surface area contributed by atoms with Crippen LogP contribution in [-0.4, -0.2) is 0 Å². The van der Waals surface area contributed by atoms with Crippen LogP contribution in [-0.2, 0) is 13.5 Å². The zero-order valence-electron chi connectivity index (χ0n) is 17.9. The van der Waals surface area contributed by atoms with E-state index in [1.165, 1.54) is 10.9 Å². The second kappa shape index (κ2) is 5.66. The van der Waals surface area contributed by atoms with Crippen LogP contribution in [0.5, 0.6) is 11.5 Å². The molecule has 6 rings (SSSR count). The van der Waals surface area contributed by atoms with Gasteiger partial charge in [-0.3, -0.25) is 0 Å². The highest BCUT2D eigenvalue weighted by Gasteiger charge is 2.36. The summed E-state index contributed by atoms with van der Waals surface area (Å²) in [6.45, 7) is 8.93. The normalized spacial score (nSPS) is 13.2. The lowest BCUT2D eigenvalue weighted by molar-refractivity contribution is -0.659. The number of para-hydroxylation sites is 1. The van der Waals surface area contributed by atoms with Gasteiger partial charge in [-0.2, -0.15) is 4.57 Å². The summed E-state index contributed by atoms with van der Waals surface area (Å²) < 4.78 is 21.0. The van der Waals surface area contributed by atoms with Crippen molar-refractivity contribution in [2.24, 2.45) is 12.5 Å². The molecule has 4 heterocycles. The fourth-order valence-corrected chi connectivity index (χ4v) is 4.90. The number of ether oxygens (including phenoxy) is 1. The Balaban J connectivity index is 1.85. The van der Waals surface area contributed by atoms with E-state index < -0.39 is 0 Å². The fraction of sp³-hybridized carbons (Fsp3) is 0.269. The minimum atomic E-state index is 0.0726. The number of nitrogens with zero attached hydrogens (tertiary/aromatic N) is 1.